The molecule has 2 aliphatic heterocycles. The van der Waals surface area contributed by atoms with Crippen molar-refractivity contribution < 1.29 is 22.7 Å². The summed E-state index contributed by atoms with van der Waals surface area (Å²) in [7, 11) is -3.55. The minimum absolute atomic E-state index is 0.00149. The molecule has 27 heavy (non-hydrogen) atoms. The molecule has 2 amide bonds. The average Bonchev–Trinajstić information content (AvgIpc) is 2.84. The van der Waals surface area contributed by atoms with E-state index in [1.54, 1.807) is 9.80 Å². The van der Waals surface area contributed by atoms with E-state index in [0.717, 1.165) is 26.1 Å². The molecule has 0 saturated carbocycles. The first-order valence-corrected chi connectivity index (χ1v) is 11.1. The van der Waals surface area contributed by atoms with E-state index in [2.05, 4.69) is 4.90 Å². The summed E-state index contributed by atoms with van der Waals surface area (Å²) in [6.07, 6.45) is 0.802. The van der Waals surface area contributed by atoms with Gasteiger partial charge in [-0.3, -0.25) is 9.69 Å². The lowest BCUT2D eigenvalue weighted by atomic mass is 10.1. The van der Waals surface area contributed by atoms with E-state index in [1.165, 1.54) is 0 Å². The fraction of sp³-hybridized carbons (Fsp3) is 0.882. The molecule has 1 atom stereocenters. The molecule has 2 heterocycles. The number of hydrogen-bond donors (Lipinski definition) is 1. The molecule has 0 aromatic carbocycles. The fourth-order valence-electron chi connectivity index (χ4n) is 3.48. The normalized spacial score (nSPS) is 22.4. The van der Waals surface area contributed by atoms with Crippen molar-refractivity contribution in [2.24, 2.45) is 11.1 Å². The third kappa shape index (κ3) is 7.63. The standard InChI is InChI=1S/C17H32N4O5S/c1-17(2,3)26-16(23)20-9-7-19(8-10-20)5-4-6-21-12-14(11-15(21)22)13-27(18,24)25/h14H,4-13H2,1-3H3,(H2,18,24,25). The topological polar surface area (TPSA) is 113 Å². The second-order valence-corrected chi connectivity index (χ2v) is 10.1. The van der Waals surface area contributed by atoms with Crippen LogP contribution in [0.15, 0.2) is 0 Å². The van der Waals surface area contributed by atoms with Gasteiger partial charge in [0.15, 0.2) is 0 Å². The Balaban J connectivity index is 1.66. The van der Waals surface area contributed by atoms with Crippen molar-refractivity contribution in [3.05, 3.63) is 0 Å². The molecule has 2 saturated heterocycles. The van der Waals surface area contributed by atoms with Crippen molar-refractivity contribution in [3.8, 4) is 0 Å². The van der Waals surface area contributed by atoms with Crippen LogP contribution < -0.4 is 5.14 Å². The number of sulfonamides is 1. The molecule has 9 nitrogen and oxygen atoms in total. The van der Waals surface area contributed by atoms with E-state index < -0.39 is 15.6 Å². The van der Waals surface area contributed by atoms with Crippen LogP contribution in [0.5, 0.6) is 0 Å². The van der Waals surface area contributed by atoms with Gasteiger partial charge in [0, 0.05) is 51.6 Å². The zero-order chi connectivity index (χ0) is 20.2. The molecule has 2 aliphatic rings. The van der Waals surface area contributed by atoms with Crippen molar-refractivity contribution in [1.82, 2.24) is 14.7 Å². The predicted molar refractivity (Wildman–Crippen MR) is 102 cm³/mol. The van der Waals surface area contributed by atoms with Crippen LogP contribution in [0.25, 0.3) is 0 Å². The number of nitrogens with zero attached hydrogens (tertiary/aromatic N) is 3. The van der Waals surface area contributed by atoms with Crippen molar-refractivity contribution in [2.75, 3.05) is 51.6 Å². The van der Waals surface area contributed by atoms with Crippen LogP contribution in [-0.2, 0) is 19.6 Å². The number of carbonyl (C=O) groups is 2. The van der Waals surface area contributed by atoms with Gasteiger partial charge in [0.2, 0.25) is 15.9 Å². The highest BCUT2D eigenvalue weighted by molar-refractivity contribution is 7.89. The van der Waals surface area contributed by atoms with Crippen LogP contribution in [0, 0.1) is 5.92 Å². The van der Waals surface area contributed by atoms with E-state index in [0.29, 0.717) is 26.2 Å². The minimum Gasteiger partial charge on any atom is -0.444 e. The Bertz CT molecular complexity index is 638. The first kappa shape index (κ1) is 21.9. The van der Waals surface area contributed by atoms with Crippen LogP contribution in [0.3, 0.4) is 0 Å². The third-order valence-corrected chi connectivity index (χ3v) is 5.62. The lowest BCUT2D eigenvalue weighted by molar-refractivity contribution is -0.127. The lowest BCUT2D eigenvalue weighted by Gasteiger charge is -2.35. The Morgan fingerprint density at radius 3 is 2.37 bits per heavy atom. The van der Waals surface area contributed by atoms with Gasteiger partial charge in [-0.15, -0.1) is 0 Å². The highest BCUT2D eigenvalue weighted by Gasteiger charge is 2.32. The van der Waals surface area contributed by atoms with Crippen molar-refractivity contribution >= 4 is 22.0 Å². The fourth-order valence-corrected chi connectivity index (χ4v) is 4.36. The van der Waals surface area contributed by atoms with Gasteiger partial charge in [0.1, 0.15) is 5.60 Å². The Hall–Kier alpha value is -1.39. The van der Waals surface area contributed by atoms with Crippen LogP contribution in [0.1, 0.15) is 33.6 Å². The van der Waals surface area contributed by atoms with Crippen molar-refractivity contribution in [2.45, 2.75) is 39.2 Å². The van der Waals surface area contributed by atoms with Crippen LogP contribution >= 0.6 is 0 Å². The zero-order valence-corrected chi connectivity index (χ0v) is 17.3. The van der Waals surface area contributed by atoms with Gasteiger partial charge >= 0.3 is 6.09 Å². The van der Waals surface area contributed by atoms with E-state index >= 15 is 0 Å². The molecule has 0 spiro atoms. The Morgan fingerprint density at radius 1 is 1.19 bits per heavy atom. The van der Waals surface area contributed by atoms with Gasteiger partial charge in [-0.25, -0.2) is 18.4 Å². The number of primary sulfonamides is 1. The molecule has 2 fully saturated rings. The van der Waals surface area contributed by atoms with Gasteiger partial charge in [-0.1, -0.05) is 0 Å². The minimum atomic E-state index is -3.55. The van der Waals surface area contributed by atoms with Crippen LogP contribution in [0.4, 0.5) is 4.79 Å². The maximum absolute atomic E-state index is 12.1. The molecule has 10 heteroatoms. The zero-order valence-electron chi connectivity index (χ0n) is 16.5. The van der Waals surface area contributed by atoms with E-state index in [4.69, 9.17) is 9.88 Å². The van der Waals surface area contributed by atoms with Gasteiger partial charge in [-0.2, -0.15) is 0 Å². The lowest BCUT2D eigenvalue weighted by Crippen LogP contribution is -2.50. The Morgan fingerprint density at radius 2 is 1.81 bits per heavy atom. The maximum Gasteiger partial charge on any atom is 0.410 e. The molecule has 0 aliphatic carbocycles. The van der Waals surface area contributed by atoms with E-state index in [9.17, 15) is 18.0 Å². The summed E-state index contributed by atoms with van der Waals surface area (Å²) in [4.78, 5) is 29.8. The Labute approximate surface area is 161 Å². The first-order valence-electron chi connectivity index (χ1n) is 9.41. The van der Waals surface area contributed by atoms with E-state index in [-0.39, 0.29) is 30.1 Å². The predicted octanol–water partition coefficient (Wildman–Crippen LogP) is 0.0662. The molecule has 0 aromatic rings. The highest BCUT2D eigenvalue weighted by Crippen LogP contribution is 2.19. The maximum atomic E-state index is 12.1. The molecule has 0 radical (unpaired) electrons. The molecule has 0 aromatic heterocycles. The van der Waals surface area contributed by atoms with Gasteiger partial charge in [0.25, 0.3) is 0 Å². The second-order valence-electron chi connectivity index (χ2n) is 8.40. The number of hydrogen-bond acceptors (Lipinski definition) is 6. The smallest absolute Gasteiger partial charge is 0.410 e. The first-order chi connectivity index (χ1) is 12.4. The van der Waals surface area contributed by atoms with Gasteiger partial charge in [-0.05, 0) is 33.7 Å². The molecule has 2 rings (SSSR count). The number of nitrogens with two attached hydrogens (primary N) is 1. The quantitative estimate of drug-likeness (QED) is 0.670. The summed E-state index contributed by atoms with van der Waals surface area (Å²) >= 11 is 0. The third-order valence-electron chi connectivity index (χ3n) is 4.69. The summed E-state index contributed by atoms with van der Waals surface area (Å²) in [6.45, 7) is 10.3. The molecular formula is C17H32N4O5S. The number of likely N-dealkylation sites (tertiary alicyclic amines) is 1. The monoisotopic (exact) mass is 404 g/mol. The molecule has 1 unspecified atom stereocenters. The Kier molecular flexibility index (Phi) is 7.09. The summed E-state index contributed by atoms with van der Waals surface area (Å²) < 4.78 is 27.7. The number of piperazine rings is 1. The number of amides is 2. The highest BCUT2D eigenvalue weighted by atomic mass is 32.2. The van der Waals surface area contributed by atoms with Gasteiger partial charge in [0.05, 0.1) is 5.75 Å². The number of rotatable bonds is 6. The second kappa shape index (κ2) is 8.74. The summed E-state index contributed by atoms with van der Waals surface area (Å²) in [5.41, 5.74) is -0.489. The van der Waals surface area contributed by atoms with Crippen LogP contribution in [0.2, 0.25) is 0 Å². The SMILES string of the molecule is CC(C)(C)OC(=O)N1CCN(CCCN2CC(CS(N)(=O)=O)CC2=O)CC1. The molecule has 2 N–H and O–H groups in total. The largest absolute Gasteiger partial charge is 0.444 e. The molecule has 156 valence electrons. The van der Waals surface area contributed by atoms with E-state index in [1.807, 2.05) is 20.8 Å². The average molecular weight is 405 g/mol. The van der Waals surface area contributed by atoms with Crippen molar-refractivity contribution in [3.63, 3.8) is 0 Å². The molecule has 0 bridgehead atoms. The van der Waals surface area contributed by atoms with Gasteiger partial charge < -0.3 is 14.5 Å². The molecular weight excluding hydrogens is 372 g/mol. The summed E-state index contributed by atoms with van der Waals surface area (Å²) in [6, 6.07) is 0. The van der Waals surface area contributed by atoms with Crippen LogP contribution in [-0.4, -0.2) is 92.3 Å². The number of carbonyl (C=O) groups excluding carboxylic acids is 2. The summed E-state index contributed by atoms with van der Waals surface area (Å²) in [5, 5.41) is 5.07. The summed E-state index contributed by atoms with van der Waals surface area (Å²) in [5.74, 6) is -0.342. The number of ether oxygens (including phenoxy) is 1. The van der Waals surface area contributed by atoms with Crippen molar-refractivity contribution in [1.29, 1.82) is 0 Å².